The van der Waals surface area contributed by atoms with E-state index in [9.17, 15) is 31.1 Å². The number of hydrogen-bond acceptors (Lipinski definition) is 2. The summed E-state index contributed by atoms with van der Waals surface area (Å²) >= 11 is 0. The zero-order valence-electron chi connectivity index (χ0n) is 20.9. The molecule has 0 saturated carbocycles. The van der Waals surface area contributed by atoms with Crippen molar-refractivity contribution in [1.82, 2.24) is 4.90 Å². The van der Waals surface area contributed by atoms with Crippen molar-refractivity contribution in [2.75, 3.05) is 31.1 Å². The molecule has 1 heterocycles. The number of halogens is 6. The SMILES string of the molecule is CCC(C)(CC(C)c1cccc(C(F)(F)F)c1)C(=O)N1CCN(c2cc(C(F)(F)F)ccc2C)CC1. The zero-order valence-corrected chi connectivity index (χ0v) is 20.9. The van der Waals surface area contributed by atoms with Gasteiger partial charge in [0.2, 0.25) is 5.91 Å². The molecule has 0 radical (unpaired) electrons. The van der Waals surface area contributed by atoms with E-state index >= 15 is 0 Å². The molecule has 0 bridgehead atoms. The molecule has 0 aliphatic carbocycles. The lowest BCUT2D eigenvalue weighted by Crippen LogP contribution is -2.53. The van der Waals surface area contributed by atoms with Gasteiger partial charge in [-0.3, -0.25) is 4.79 Å². The van der Waals surface area contributed by atoms with Gasteiger partial charge in [-0.05, 0) is 55.0 Å². The van der Waals surface area contributed by atoms with E-state index in [1.54, 1.807) is 17.9 Å². The van der Waals surface area contributed by atoms with E-state index in [0.29, 0.717) is 50.3 Å². The van der Waals surface area contributed by atoms with Gasteiger partial charge in [-0.2, -0.15) is 26.3 Å². The topological polar surface area (TPSA) is 23.6 Å². The van der Waals surface area contributed by atoms with Crippen LogP contribution in [0.25, 0.3) is 0 Å². The summed E-state index contributed by atoms with van der Waals surface area (Å²) in [7, 11) is 0. The number of aryl methyl sites for hydroxylation is 1. The van der Waals surface area contributed by atoms with Gasteiger partial charge in [0.25, 0.3) is 0 Å². The monoisotopic (exact) mass is 514 g/mol. The molecule has 0 aromatic heterocycles. The molecule has 2 atom stereocenters. The predicted molar refractivity (Wildman–Crippen MR) is 128 cm³/mol. The third-order valence-electron chi connectivity index (χ3n) is 7.28. The van der Waals surface area contributed by atoms with Gasteiger partial charge in [0.15, 0.2) is 0 Å². The Bertz CT molecular complexity index is 1070. The van der Waals surface area contributed by atoms with Crippen molar-refractivity contribution in [1.29, 1.82) is 0 Å². The zero-order chi connectivity index (χ0) is 26.9. The fourth-order valence-corrected chi connectivity index (χ4v) is 4.86. The van der Waals surface area contributed by atoms with Crippen LogP contribution < -0.4 is 4.90 Å². The summed E-state index contributed by atoms with van der Waals surface area (Å²) in [5.74, 6) is -0.348. The number of piperazine rings is 1. The standard InChI is InChI=1S/C27H32F6N2O/c1-5-25(4,17-19(3)20-7-6-8-21(15-20)26(28,29)30)24(36)35-13-11-34(12-14-35)23-16-22(27(31,32)33)10-9-18(23)2/h6-10,15-16,19H,5,11-14,17H2,1-4H3. The van der Waals surface area contributed by atoms with E-state index in [0.717, 1.165) is 29.8 Å². The van der Waals surface area contributed by atoms with Gasteiger partial charge in [-0.15, -0.1) is 0 Å². The molecule has 3 rings (SSSR count). The predicted octanol–water partition coefficient (Wildman–Crippen LogP) is 7.29. The van der Waals surface area contributed by atoms with Crippen LogP contribution in [0.4, 0.5) is 32.0 Å². The number of benzene rings is 2. The minimum atomic E-state index is -4.43. The lowest BCUT2D eigenvalue weighted by molar-refractivity contribution is -0.142. The van der Waals surface area contributed by atoms with Crippen molar-refractivity contribution >= 4 is 11.6 Å². The van der Waals surface area contributed by atoms with Crippen molar-refractivity contribution in [2.24, 2.45) is 5.41 Å². The second-order valence-corrected chi connectivity index (χ2v) is 9.92. The summed E-state index contributed by atoms with van der Waals surface area (Å²) in [6.07, 6.45) is -7.96. The molecule has 1 amide bonds. The van der Waals surface area contributed by atoms with E-state index in [1.807, 2.05) is 25.7 Å². The fourth-order valence-electron chi connectivity index (χ4n) is 4.86. The van der Waals surface area contributed by atoms with Gasteiger partial charge < -0.3 is 9.80 Å². The molecule has 198 valence electrons. The largest absolute Gasteiger partial charge is 0.416 e. The highest BCUT2D eigenvalue weighted by atomic mass is 19.4. The molecule has 0 spiro atoms. The van der Waals surface area contributed by atoms with Gasteiger partial charge in [0.1, 0.15) is 0 Å². The average molecular weight is 515 g/mol. The number of nitrogens with zero attached hydrogens (tertiary/aromatic N) is 2. The van der Waals surface area contributed by atoms with Crippen LogP contribution in [-0.4, -0.2) is 37.0 Å². The van der Waals surface area contributed by atoms with Gasteiger partial charge in [0, 0.05) is 37.3 Å². The number of alkyl halides is 6. The Balaban J connectivity index is 1.70. The number of hydrogen-bond donors (Lipinski definition) is 0. The van der Waals surface area contributed by atoms with Crippen LogP contribution in [0, 0.1) is 12.3 Å². The number of carbonyl (C=O) groups excluding carboxylic acids is 1. The van der Waals surface area contributed by atoms with Gasteiger partial charge >= 0.3 is 12.4 Å². The minimum Gasteiger partial charge on any atom is -0.368 e. The number of rotatable bonds is 6. The highest BCUT2D eigenvalue weighted by Gasteiger charge is 2.39. The lowest BCUT2D eigenvalue weighted by Gasteiger charge is -2.41. The Morgan fingerprint density at radius 1 is 0.917 bits per heavy atom. The molecule has 1 saturated heterocycles. The molecule has 2 aromatic rings. The first-order chi connectivity index (χ1) is 16.7. The molecule has 1 aliphatic rings. The first-order valence-electron chi connectivity index (χ1n) is 12.0. The summed E-state index contributed by atoms with van der Waals surface area (Å²) in [5, 5.41) is 0. The van der Waals surface area contributed by atoms with Crippen molar-refractivity contribution in [3.63, 3.8) is 0 Å². The molecule has 36 heavy (non-hydrogen) atoms. The maximum atomic E-state index is 13.5. The summed E-state index contributed by atoms with van der Waals surface area (Å²) in [5.41, 5.74) is -0.421. The van der Waals surface area contributed by atoms with E-state index in [2.05, 4.69) is 0 Å². The van der Waals surface area contributed by atoms with Gasteiger partial charge in [0.05, 0.1) is 11.1 Å². The third-order valence-corrected chi connectivity index (χ3v) is 7.28. The summed E-state index contributed by atoms with van der Waals surface area (Å²) < 4.78 is 79.0. The average Bonchev–Trinajstić information content (AvgIpc) is 2.82. The minimum absolute atomic E-state index is 0.0794. The van der Waals surface area contributed by atoms with Crippen molar-refractivity contribution < 1.29 is 31.1 Å². The Hall–Kier alpha value is -2.71. The maximum Gasteiger partial charge on any atom is 0.416 e. The molecule has 1 fully saturated rings. The van der Waals surface area contributed by atoms with E-state index < -0.39 is 28.9 Å². The van der Waals surface area contributed by atoms with Crippen LogP contribution in [0.2, 0.25) is 0 Å². The van der Waals surface area contributed by atoms with E-state index in [1.165, 1.54) is 12.1 Å². The van der Waals surface area contributed by atoms with E-state index in [-0.39, 0.29) is 11.8 Å². The van der Waals surface area contributed by atoms with Crippen LogP contribution in [0.5, 0.6) is 0 Å². The van der Waals surface area contributed by atoms with Crippen LogP contribution in [0.15, 0.2) is 42.5 Å². The van der Waals surface area contributed by atoms with Crippen LogP contribution in [-0.2, 0) is 17.1 Å². The van der Waals surface area contributed by atoms with Crippen LogP contribution >= 0.6 is 0 Å². The summed E-state index contributed by atoms with van der Waals surface area (Å²) in [6, 6.07) is 8.88. The fraction of sp³-hybridized carbons (Fsp3) is 0.519. The van der Waals surface area contributed by atoms with Crippen molar-refractivity contribution in [3.8, 4) is 0 Å². The summed E-state index contributed by atoms with van der Waals surface area (Å²) in [4.78, 5) is 17.1. The second kappa shape index (κ2) is 10.3. The number of amides is 1. The molecule has 2 aromatic carbocycles. The highest BCUT2D eigenvalue weighted by Crippen LogP contribution is 2.39. The maximum absolute atomic E-state index is 13.5. The van der Waals surface area contributed by atoms with Crippen molar-refractivity contribution in [2.45, 2.75) is 58.8 Å². The molecule has 3 nitrogen and oxygen atoms in total. The van der Waals surface area contributed by atoms with Crippen LogP contribution in [0.3, 0.4) is 0 Å². The normalized spacial score (nSPS) is 17.6. The first-order valence-corrected chi connectivity index (χ1v) is 12.0. The Kier molecular flexibility index (Phi) is 8.01. The highest BCUT2D eigenvalue weighted by molar-refractivity contribution is 5.82. The number of anilines is 1. The van der Waals surface area contributed by atoms with E-state index in [4.69, 9.17) is 0 Å². The van der Waals surface area contributed by atoms with Crippen molar-refractivity contribution in [3.05, 3.63) is 64.7 Å². The Morgan fingerprint density at radius 3 is 2.06 bits per heavy atom. The first kappa shape index (κ1) is 27.9. The summed E-state index contributed by atoms with van der Waals surface area (Å²) in [6.45, 7) is 8.83. The molecule has 1 aliphatic heterocycles. The third kappa shape index (κ3) is 6.16. The Morgan fingerprint density at radius 2 is 1.50 bits per heavy atom. The molecular formula is C27H32F6N2O. The molecule has 2 unspecified atom stereocenters. The Labute approximate surface area is 208 Å². The smallest absolute Gasteiger partial charge is 0.368 e. The second-order valence-electron chi connectivity index (χ2n) is 9.92. The quantitative estimate of drug-likeness (QED) is 0.378. The molecule has 9 heteroatoms. The lowest BCUT2D eigenvalue weighted by atomic mass is 9.76. The molecule has 0 N–H and O–H groups in total. The number of carbonyl (C=O) groups is 1. The van der Waals surface area contributed by atoms with Gasteiger partial charge in [-0.25, -0.2) is 0 Å². The van der Waals surface area contributed by atoms with Crippen LogP contribution in [0.1, 0.15) is 61.8 Å². The molecular weight excluding hydrogens is 482 g/mol. The van der Waals surface area contributed by atoms with Gasteiger partial charge in [-0.1, -0.05) is 45.0 Å².